The fourth-order valence-electron chi connectivity index (χ4n) is 5.17. The van der Waals surface area contributed by atoms with Gasteiger partial charge in [-0.2, -0.15) is 5.26 Å². The molecule has 0 aliphatic carbocycles. The van der Waals surface area contributed by atoms with Crippen molar-refractivity contribution in [3.05, 3.63) is 98.9 Å². The van der Waals surface area contributed by atoms with Gasteiger partial charge >= 0.3 is 0 Å². The lowest BCUT2D eigenvalue weighted by atomic mass is 9.96. The average molecular weight is 517 g/mol. The molecule has 0 N–H and O–H groups in total. The van der Waals surface area contributed by atoms with Crippen LogP contribution in [0.2, 0.25) is 5.02 Å². The van der Waals surface area contributed by atoms with E-state index in [-0.39, 0.29) is 29.5 Å². The summed E-state index contributed by atoms with van der Waals surface area (Å²) < 4.78 is 15.3. The molecule has 3 aromatic heterocycles. The van der Waals surface area contributed by atoms with E-state index >= 15 is 0 Å². The van der Waals surface area contributed by atoms with E-state index in [2.05, 4.69) is 39.7 Å². The van der Waals surface area contributed by atoms with Gasteiger partial charge < -0.3 is 9.47 Å². The summed E-state index contributed by atoms with van der Waals surface area (Å²) in [6.07, 6.45) is 1.63. The fourth-order valence-corrected chi connectivity index (χ4v) is 5.28. The van der Waals surface area contributed by atoms with Gasteiger partial charge in [-0.25, -0.2) is 9.37 Å². The summed E-state index contributed by atoms with van der Waals surface area (Å²) in [7, 11) is 1.71. The van der Waals surface area contributed by atoms with Gasteiger partial charge in [0.1, 0.15) is 23.1 Å². The number of anilines is 1. The first-order chi connectivity index (χ1) is 17.8. The third-order valence-corrected chi connectivity index (χ3v) is 7.30. The maximum atomic E-state index is 13.8. The number of halogens is 2. The van der Waals surface area contributed by atoms with E-state index in [0.717, 1.165) is 16.9 Å². The minimum atomic E-state index is -0.292. The molecule has 0 saturated carbocycles. The van der Waals surface area contributed by atoms with E-state index in [1.165, 1.54) is 12.1 Å². The smallest absolute Gasteiger partial charge is 0.252 e. The predicted molar refractivity (Wildman–Crippen MR) is 142 cm³/mol. The Kier molecular flexibility index (Phi) is 6.67. The lowest BCUT2D eigenvalue weighted by molar-refractivity contribution is 0.128. The van der Waals surface area contributed by atoms with Gasteiger partial charge in [0.25, 0.3) is 5.56 Å². The first-order valence-corrected chi connectivity index (χ1v) is 12.4. The van der Waals surface area contributed by atoms with E-state index in [0.29, 0.717) is 34.8 Å². The zero-order chi connectivity index (χ0) is 26.3. The largest absolute Gasteiger partial charge is 0.364 e. The Hall–Kier alpha value is -3.80. The number of benzene rings is 1. The number of rotatable bonds is 4. The monoisotopic (exact) mass is 516 g/mol. The average Bonchev–Trinajstić information content (AvgIpc) is 2.90. The first kappa shape index (κ1) is 24.9. The molecule has 7 nitrogen and oxygen atoms in total. The Morgan fingerprint density at radius 1 is 1.08 bits per heavy atom. The van der Waals surface area contributed by atoms with Gasteiger partial charge in [0.15, 0.2) is 0 Å². The highest BCUT2D eigenvalue weighted by Gasteiger charge is 2.36. The first-order valence-electron chi connectivity index (χ1n) is 12.1. The second-order valence-corrected chi connectivity index (χ2v) is 9.94. The summed E-state index contributed by atoms with van der Waals surface area (Å²) in [5.74, 6) is -0.292. The summed E-state index contributed by atoms with van der Waals surface area (Å²) in [5, 5.41) is 9.97. The number of aromatic nitrogens is 3. The molecule has 5 rings (SSSR count). The second-order valence-electron chi connectivity index (χ2n) is 9.51. The third-order valence-electron chi connectivity index (χ3n) is 7.07. The van der Waals surface area contributed by atoms with Crippen LogP contribution in [-0.4, -0.2) is 44.6 Å². The lowest BCUT2D eigenvalue weighted by Crippen LogP contribution is -2.57. The summed E-state index contributed by atoms with van der Waals surface area (Å²) >= 11 is 6.12. The van der Waals surface area contributed by atoms with Crippen LogP contribution in [0.3, 0.4) is 0 Å². The number of pyridine rings is 3. The second kappa shape index (κ2) is 9.92. The molecule has 4 heterocycles. The summed E-state index contributed by atoms with van der Waals surface area (Å²) in [4.78, 5) is 26.5. The molecular weight excluding hydrogens is 491 g/mol. The highest BCUT2D eigenvalue weighted by atomic mass is 35.5. The van der Waals surface area contributed by atoms with E-state index in [9.17, 15) is 14.4 Å². The number of hydrogen-bond donors (Lipinski definition) is 0. The van der Waals surface area contributed by atoms with Crippen molar-refractivity contribution >= 4 is 28.3 Å². The maximum Gasteiger partial charge on any atom is 0.252 e. The van der Waals surface area contributed by atoms with Crippen LogP contribution >= 0.6 is 11.6 Å². The van der Waals surface area contributed by atoms with E-state index in [1.54, 1.807) is 48.1 Å². The molecule has 4 aromatic rings. The Morgan fingerprint density at radius 3 is 2.51 bits per heavy atom. The van der Waals surface area contributed by atoms with Crippen molar-refractivity contribution in [2.45, 2.75) is 32.0 Å². The summed E-state index contributed by atoms with van der Waals surface area (Å²) in [5.41, 5.74) is 3.95. The van der Waals surface area contributed by atoms with Crippen molar-refractivity contribution in [1.82, 2.24) is 19.4 Å². The Morgan fingerprint density at radius 2 is 1.84 bits per heavy atom. The minimum absolute atomic E-state index is 0.00861. The minimum Gasteiger partial charge on any atom is -0.364 e. The Bertz CT molecular complexity index is 1500. The molecule has 0 radical (unpaired) electrons. The van der Waals surface area contributed by atoms with Gasteiger partial charge in [-0.05, 0) is 55.8 Å². The zero-order valence-corrected chi connectivity index (χ0v) is 21.5. The van der Waals surface area contributed by atoms with Crippen LogP contribution in [0.1, 0.15) is 36.8 Å². The van der Waals surface area contributed by atoms with Crippen LogP contribution in [0.15, 0.2) is 65.6 Å². The standard InChI is InChI=1S/C28H26ClFN6O/c1-17-16-36(28(19-4-7-21(30)8-5-19)23-10-6-20(29)14-32-23)18(2)15-35(17)25-12-26(37)34(3)24-11-9-22(13-31)33-27(24)25/h4-12,14,17-18,28H,15-16H2,1-3H3/t17-,18+,28?/m0/s1. The summed E-state index contributed by atoms with van der Waals surface area (Å²) in [6.45, 7) is 5.51. The van der Waals surface area contributed by atoms with Gasteiger partial charge in [-0.1, -0.05) is 23.7 Å². The third kappa shape index (κ3) is 4.68. The van der Waals surface area contributed by atoms with Gasteiger partial charge in [-0.3, -0.25) is 14.7 Å². The van der Waals surface area contributed by atoms with Crippen LogP contribution in [0.5, 0.6) is 0 Å². The number of nitrogens with zero attached hydrogens (tertiary/aromatic N) is 6. The van der Waals surface area contributed by atoms with Crippen LogP contribution < -0.4 is 10.5 Å². The topological polar surface area (TPSA) is 78.0 Å². The van der Waals surface area contributed by atoms with Crippen LogP contribution in [0, 0.1) is 17.1 Å². The van der Waals surface area contributed by atoms with Gasteiger partial charge in [-0.15, -0.1) is 0 Å². The lowest BCUT2D eigenvalue weighted by Gasteiger charge is -2.48. The molecule has 0 spiro atoms. The number of aryl methyl sites for hydroxylation is 1. The molecule has 37 heavy (non-hydrogen) atoms. The zero-order valence-electron chi connectivity index (χ0n) is 20.8. The number of piperazine rings is 1. The van der Waals surface area contributed by atoms with Crippen molar-refractivity contribution in [1.29, 1.82) is 5.26 Å². The molecule has 1 aliphatic heterocycles. The molecular formula is C28H26ClFN6O. The van der Waals surface area contributed by atoms with E-state index in [1.807, 2.05) is 12.1 Å². The highest BCUT2D eigenvalue weighted by Crippen LogP contribution is 2.35. The molecule has 1 unspecified atom stereocenters. The van der Waals surface area contributed by atoms with Gasteiger partial charge in [0.2, 0.25) is 0 Å². The predicted octanol–water partition coefficient (Wildman–Crippen LogP) is 4.68. The number of hydrogen-bond acceptors (Lipinski definition) is 6. The number of nitriles is 1. The van der Waals surface area contributed by atoms with Gasteiger partial charge in [0.05, 0.1) is 28.0 Å². The number of fused-ring (bicyclic) bond motifs is 1. The molecule has 3 atom stereocenters. The molecule has 0 bridgehead atoms. The Balaban J connectivity index is 1.55. The van der Waals surface area contributed by atoms with Gasteiger partial charge in [0, 0.05) is 44.5 Å². The molecule has 1 saturated heterocycles. The van der Waals surface area contributed by atoms with Crippen LogP contribution in [0.25, 0.3) is 11.0 Å². The molecule has 1 aromatic carbocycles. The molecule has 1 aliphatic rings. The quantitative estimate of drug-likeness (QED) is 0.392. The van der Waals surface area contributed by atoms with E-state index < -0.39 is 0 Å². The van der Waals surface area contributed by atoms with Crippen LogP contribution in [-0.2, 0) is 7.05 Å². The normalized spacial score (nSPS) is 19.1. The molecule has 0 amide bonds. The SMILES string of the molecule is C[C@@H]1CN(c2cc(=O)n(C)c3ccc(C#N)nc23)[C@@H](C)CN1C(c1ccc(F)cc1)c1ccc(Cl)cn1. The van der Waals surface area contributed by atoms with E-state index in [4.69, 9.17) is 11.6 Å². The van der Waals surface area contributed by atoms with Crippen molar-refractivity contribution in [3.63, 3.8) is 0 Å². The molecule has 188 valence electrons. The Labute approximate surface area is 219 Å². The molecule has 9 heteroatoms. The van der Waals surface area contributed by atoms with Crippen molar-refractivity contribution in [3.8, 4) is 6.07 Å². The van der Waals surface area contributed by atoms with Crippen molar-refractivity contribution in [2.75, 3.05) is 18.0 Å². The fraction of sp³-hybridized carbons (Fsp3) is 0.286. The molecule has 1 fully saturated rings. The van der Waals surface area contributed by atoms with Crippen molar-refractivity contribution < 1.29 is 4.39 Å². The van der Waals surface area contributed by atoms with Crippen LogP contribution in [0.4, 0.5) is 10.1 Å². The maximum absolute atomic E-state index is 13.8. The van der Waals surface area contributed by atoms with Crippen molar-refractivity contribution in [2.24, 2.45) is 7.05 Å². The summed E-state index contributed by atoms with van der Waals surface area (Å²) in [6, 6.07) is 17.2. The highest BCUT2D eigenvalue weighted by molar-refractivity contribution is 6.30.